The van der Waals surface area contributed by atoms with Crippen molar-refractivity contribution < 1.29 is 9.53 Å². The lowest BCUT2D eigenvalue weighted by Crippen LogP contribution is -2.67. The summed E-state index contributed by atoms with van der Waals surface area (Å²) < 4.78 is 7.07. The highest BCUT2D eigenvalue weighted by Gasteiger charge is 2.50. The maximum Gasteiger partial charge on any atom is 0.261 e. The van der Waals surface area contributed by atoms with E-state index in [9.17, 15) is 5.11 Å². The predicted molar refractivity (Wildman–Crippen MR) is 116 cm³/mol. The number of aliphatic hydroxyl groups is 1. The molecule has 0 aliphatic heterocycles. The first kappa shape index (κ1) is 20.3. The fraction of sp³-hybridized carbons (Fsp3) is 0.500. The van der Waals surface area contributed by atoms with Gasteiger partial charge in [-0.05, 0) is 40.1 Å². The maximum absolute atomic E-state index is 9.84. The van der Waals surface area contributed by atoms with Crippen LogP contribution in [0.1, 0.15) is 46.5 Å². The summed E-state index contributed by atoms with van der Waals surface area (Å²) in [6, 6.07) is 21.7. The van der Waals surface area contributed by atoms with Crippen LogP contribution in [0.5, 0.6) is 0 Å². The first-order valence-electron chi connectivity index (χ1n) is 10.3. The predicted octanol–water partition coefficient (Wildman–Crippen LogP) is 4.36. The van der Waals surface area contributed by atoms with Crippen molar-refractivity contribution in [2.24, 2.45) is 11.8 Å². The van der Waals surface area contributed by atoms with E-state index < -0.39 is 8.32 Å². The topological polar surface area (TPSA) is 29.5 Å². The number of hydrogen-bond donors (Lipinski definition) is 1. The van der Waals surface area contributed by atoms with Crippen LogP contribution in [0.3, 0.4) is 0 Å². The van der Waals surface area contributed by atoms with E-state index in [4.69, 9.17) is 4.43 Å². The van der Waals surface area contributed by atoms with Crippen LogP contribution in [0, 0.1) is 11.8 Å². The van der Waals surface area contributed by atoms with Crippen LogP contribution in [0.4, 0.5) is 0 Å². The molecule has 146 valence electrons. The van der Waals surface area contributed by atoms with Gasteiger partial charge in [-0.2, -0.15) is 0 Å². The van der Waals surface area contributed by atoms with E-state index in [1.807, 2.05) is 0 Å². The quantitative estimate of drug-likeness (QED) is 0.752. The minimum absolute atomic E-state index is 0.0130. The van der Waals surface area contributed by atoms with Gasteiger partial charge < -0.3 is 9.53 Å². The molecule has 0 amide bonds. The SMILES string of the molecule is CC(C)(C)[Si](OC[C@H]1CCCC[C@H]1CO)(c1ccccc1)c1ccccc1. The van der Waals surface area contributed by atoms with Crippen molar-refractivity contribution >= 4 is 18.7 Å². The van der Waals surface area contributed by atoms with E-state index in [0.29, 0.717) is 11.8 Å². The molecule has 1 aliphatic rings. The van der Waals surface area contributed by atoms with Gasteiger partial charge in [-0.25, -0.2) is 0 Å². The van der Waals surface area contributed by atoms with Crippen molar-refractivity contribution in [1.29, 1.82) is 0 Å². The molecule has 3 heteroatoms. The third-order valence-corrected chi connectivity index (χ3v) is 11.2. The molecule has 2 nitrogen and oxygen atoms in total. The van der Waals surface area contributed by atoms with Crippen LogP contribution in [-0.4, -0.2) is 26.6 Å². The van der Waals surface area contributed by atoms with Gasteiger partial charge in [0.25, 0.3) is 8.32 Å². The highest BCUT2D eigenvalue weighted by atomic mass is 28.4. The Hall–Kier alpha value is -1.42. The Bertz CT molecular complexity index is 654. The molecule has 2 aromatic rings. The van der Waals surface area contributed by atoms with E-state index in [1.165, 1.54) is 29.6 Å². The van der Waals surface area contributed by atoms with E-state index in [2.05, 4.69) is 81.4 Å². The number of hydrogen-bond acceptors (Lipinski definition) is 2. The molecule has 0 bridgehead atoms. The number of aliphatic hydroxyl groups excluding tert-OH is 1. The van der Waals surface area contributed by atoms with Gasteiger partial charge in [0.05, 0.1) is 0 Å². The van der Waals surface area contributed by atoms with Gasteiger partial charge >= 0.3 is 0 Å². The van der Waals surface area contributed by atoms with Gasteiger partial charge in [-0.1, -0.05) is 94.3 Å². The zero-order chi connectivity index (χ0) is 19.3. The molecule has 0 heterocycles. The summed E-state index contributed by atoms with van der Waals surface area (Å²) in [5.41, 5.74) is 0. The fourth-order valence-corrected chi connectivity index (χ4v) is 9.36. The second kappa shape index (κ2) is 8.72. The molecule has 27 heavy (non-hydrogen) atoms. The van der Waals surface area contributed by atoms with E-state index in [0.717, 1.165) is 13.0 Å². The summed E-state index contributed by atoms with van der Waals surface area (Å²) in [6.45, 7) is 8.00. The molecule has 0 unspecified atom stereocenters. The van der Waals surface area contributed by atoms with Gasteiger partial charge in [0.15, 0.2) is 0 Å². The number of benzene rings is 2. The molecule has 1 fully saturated rings. The van der Waals surface area contributed by atoms with Crippen LogP contribution in [0.25, 0.3) is 0 Å². The van der Waals surface area contributed by atoms with Crippen molar-refractivity contribution in [3.05, 3.63) is 60.7 Å². The molecular formula is C24H34O2Si. The van der Waals surface area contributed by atoms with Crippen LogP contribution in [0.15, 0.2) is 60.7 Å². The Labute approximate surface area is 165 Å². The lowest BCUT2D eigenvalue weighted by Gasteiger charge is -2.44. The lowest BCUT2D eigenvalue weighted by molar-refractivity contribution is 0.0920. The summed E-state index contributed by atoms with van der Waals surface area (Å²) in [6.07, 6.45) is 4.79. The van der Waals surface area contributed by atoms with Crippen LogP contribution in [0.2, 0.25) is 5.04 Å². The Morgan fingerprint density at radius 2 is 1.33 bits per heavy atom. The van der Waals surface area contributed by atoms with Gasteiger partial charge in [-0.3, -0.25) is 0 Å². The monoisotopic (exact) mass is 382 g/mol. The molecule has 1 N–H and O–H groups in total. The molecular weight excluding hydrogens is 348 g/mol. The zero-order valence-corrected chi connectivity index (χ0v) is 18.0. The summed E-state index contributed by atoms with van der Waals surface area (Å²) in [5.74, 6) is 0.849. The minimum Gasteiger partial charge on any atom is -0.407 e. The van der Waals surface area contributed by atoms with Crippen molar-refractivity contribution in [3.63, 3.8) is 0 Å². The fourth-order valence-electron chi connectivity index (χ4n) is 4.74. The molecule has 3 rings (SSSR count). The summed E-state index contributed by atoms with van der Waals surface area (Å²) in [4.78, 5) is 0. The largest absolute Gasteiger partial charge is 0.407 e. The Morgan fingerprint density at radius 3 is 1.78 bits per heavy atom. The minimum atomic E-state index is -2.46. The maximum atomic E-state index is 9.84. The summed E-state index contributed by atoms with van der Waals surface area (Å²) in [7, 11) is -2.46. The number of rotatable bonds is 6. The van der Waals surface area contributed by atoms with Gasteiger partial charge in [0.2, 0.25) is 0 Å². The van der Waals surface area contributed by atoms with Crippen molar-refractivity contribution in [2.45, 2.75) is 51.5 Å². The first-order chi connectivity index (χ1) is 13.0. The van der Waals surface area contributed by atoms with Crippen molar-refractivity contribution in [2.75, 3.05) is 13.2 Å². The standard InChI is InChI=1S/C24H34O2Si/c1-24(2,3)27(22-14-6-4-7-15-22,23-16-8-5-9-17-23)26-19-21-13-11-10-12-20(21)18-25/h4-9,14-17,20-21,25H,10-13,18-19H2,1-3H3/t20-,21+/m0/s1. The Kier molecular flexibility index (Phi) is 6.56. The molecule has 0 spiro atoms. The Morgan fingerprint density at radius 1 is 0.852 bits per heavy atom. The van der Waals surface area contributed by atoms with Crippen LogP contribution in [-0.2, 0) is 4.43 Å². The second-order valence-corrected chi connectivity index (χ2v) is 13.3. The average Bonchev–Trinajstić information content (AvgIpc) is 2.69. The van der Waals surface area contributed by atoms with Crippen LogP contribution >= 0.6 is 0 Å². The zero-order valence-electron chi connectivity index (χ0n) is 17.0. The molecule has 0 radical (unpaired) electrons. The third-order valence-electron chi connectivity index (χ3n) is 6.23. The third kappa shape index (κ3) is 4.21. The highest BCUT2D eigenvalue weighted by molar-refractivity contribution is 6.99. The van der Waals surface area contributed by atoms with Gasteiger partial charge in [0, 0.05) is 13.2 Å². The summed E-state index contributed by atoms with van der Waals surface area (Å²) in [5, 5.41) is 12.5. The van der Waals surface area contributed by atoms with Crippen molar-refractivity contribution in [3.8, 4) is 0 Å². The molecule has 0 aromatic heterocycles. The van der Waals surface area contributed by atoms with Gasteiger partial charge in [-0.15, -0.1) is 0 Å². The normalized spacial score (nSPS) is 21.2. The average molecular weight is 383 g/mol. The van der Waals surface area contributed by atoms with E-state index >= 15 is 0 Å². The molecule has 2 aromatic carbocycles. The summed E-state index contributed by atoms with van der Waals surface area (Å²) >= 11 is 0. The molecule has 2 atom stereocenters. The van der Waals surface area contributed by atoms with Crippen LogP contribution < -0.4 is 10.4 Å². The van der Waals surface area contributed by atoms with Crippen molar-refractivity contribution in [1.82, 2.24) is 0 Å². The van der Waals surface area contributed by atoms with E-state index in [1.54, 1.807) is 0 Å². The lowest BCUT2D eigenvalue weighted by atomic mass is 9.80. The molecule has 0 saturated heterocycles. The van der Waals surface area contributed by atoms with E-state index in [-0.39, 0.29) is 11.6 Å². The molecule has 1 aliphatic carbocycles. The smallest absolute Gasteiger partial charge is 0.261 e. The first-order valence-corrected chi connectivity index (χ1v) is 12.3. The molecule has 1 saturated carbocycles. The van der Waals surface area contributed by atoms with Gasteiger partial charge in [0.1, 0.15) is 0 Å². The second-order valence-electron chi connectivity index (χ2n) is 8.96. The Balaban J connectivity index is 2.01. The highest BCUT2D eigenvalue weighted by Crippen LogP contribution is 2.38.